The smallest absolute Gasteiger partial charge is 0.364 e. The summed E-state index contributed by atoms with van der Waals surface area (Å²) in [5.41, 5.74) is 5.34. The molecule has 0 aliphatic rings. The van der Waals surface area contributed by atoms with Crippen LogP contribution in [0.25, 0.3) is 0 Å². The van der Waals surface area contributed by atoms with Crippen LogP contribution >= 0.6 is 17.0 Å². The summed E-state index contributed by atoms with van der Waals surface area (Å²) in [4.78, 5) is 3.08. The molecule has 0 saturated carbocycles. The number of halogens is 1. The van der Waals surface area contributed by atoms with Crippen LogP contribution in [0, 0.1) is 0 Å². The van der Waals surface area contributed by atoms with E-state index in [1.54, 1.807) is 21.3 Å². The van der Waals surface area contributed by atoms with Gasteiger partial charge >= 0.3 is 8.97 Å². The summed E-state index contributed by atoms with van der Waals surface area (Å²) in [5, 5.41) is 0. The standard InChI is InChI=1S/C6H18N2O3Si.BrH/c1-9-12(10-2,11-3)8-6-4-5-7;/h8H,4-7H2,1-3H3;1H. The van der Waals surface area contributed by atoms with E-state index in [0.29, 0.717) is 6.54 Å². The third-order valence-corrected chi connectivity index (χ3v) is 3.82. The zero-order chi connectivity index (χ0) is 9.45. The van der Waals surface area contributed by atoms with Crippen LogP contribution in [0.4, 0.5) is 0 Å². The summed E-state index contributed by atoms with van der Waals surface area (Å²) in [6.45, 7) is 1.40. The molecule has 0 aromatic carbocycles. The first-order chi connectivity index (χ1) is 5.74. The van der Waals surface area contributed by atoms with Crippen molar-refractivity contribution in [1.29, 1.82) is 0 Å². The van der Waals surface area contributed by atoms with Gasteiger partial charge in [0.2, 0.25) is 0 Å². The minimum Gasteiger partial charge on any atom is -0.364 e. The summed E-state index contributed by atoms with van der Waals surface area (Å²) in [5.74, 6) is 0. The molecule has 0 amide bonds. The van der Waals surface area contributed by atoms with Crippen LogP contribution in [0.3, 0.4) is 0 Å². The van der Waals surface area contributed by atoms with Crippen molar-refractivity contribution >= 4 is 25.9 Å². The lowest BCUT2D eigenvalue weighted by Crippen LogP contribution is -2.57. The minimum absolute atomic E-state index is 0. The van der Waals surface area contributed by atoms with Gasteiger partial charge in [-0.05, 0) is 19.5 Å². The van der Waals surface area contributed by atoms with Crippen molar-refractivity contribution < 1.29 is 13.3 Å². The molecule has 0 spiro atoms. The molecule has 13 heavy (non-hydrogen) atoms. The Labute approximate surface area is 91.1 Å². The lowest BCUT2D eigenvalue weighted by Gasteiger charge is -2.24. The number of rotatable bonds is 7. The van der Waals surface area contributed by atoms with Gasteiger partial charge in [0.25, 0.3) is 0 Å². The Balaban J connectivity index is 0. The Morgan fingerprint density at radius 1 is 1.15 bits per heavy atom. The molecule has 0 rings (SSSR count). The maximum absolute atomic E-state index is 5.34. The summed E-state index contributed by atoms with van der Waals surface area (Å²) >= 11 is 0. The van der Waals surface area contributed by atoms with E-state index < -0.39 is 8.97 Å². The fourth-order valence-electron chi connectivity index (χ4n) is 0.810. The molecule has 82 valence electrons. The van der Waals surface area contributed by atoms with Crippen molar-refractivity contribution in [3.8, 4) is 0 Å². The van der Waals surface area contributed by atoms with Gasteiger partial charge in [-0.2, -0.15) is 0 Å². The Bertz CT molecular complexity index is 108. The second kappa shape index (κ2) is 9.07. The van der Waals surface area contributed by atoms with Crippen LogP contribution in [0.1, 0.15) is 6.42 Å². The van der Waals surface area contributed by atoms with Crippen molar-refractivity contribution in [2.24, 2.45) is 5.73 Å². The first-order valence-electron chi connectivity index (χ1n) is 3.85. The van der Waals surface area contributed by atoms with E-state index >= 15 is 0 Å². The number of hydrogen-bond acceptors (Lipinski definition) is 5. The zero-order valence-corrected chi connectivity index (χ0v) is 11.0. The van der Waals surface area contributed by atoms with Gasteiger partial charge in [0, 0.05) is 21.3 Å². The van der Waals surface area contributed by atoms with Crippen molar-refractivity contribution in [2.75, 3.05) is 34.4 Å². The highest BCUT2D eigenvalue weighted by Gasteiger charge is 2.38. The predicted octanol–water partition coefficient (Wildman–Crippen LogP) is -0.122. The second-order valence-electron chi connectivity index (χ2n) is 2.24. The van der Waals surface area contributed by atoms with Gasteiger partial charge in [-0.15, -0.1) is 17.0 Å². The summed E-state index contributed by atoms with van der Waals surface area (Å²) < 4.78 is 15.4. The number of hydrogen-bond donors (Lipinski definition) is 2. The van der Waals surface area contributed by atoms with Crippen LogP contribution in [0.15, 0.2) is 0 Å². The molecule has 0 fully saturated rings. The second-order valence-corrected chi connectivity index (χ2v) is 4.93. The van der Waals surface area contributed by atoms with E-state index in [-0.39, 0.29) is 17.0 Å². The van der Waals surface area contributed by atoms with Crippen LogP contribution in [0.5, 0.6) is 0 Å². The predicted molar refractivity (Wildman–Crippen MR) is 58.8 cm³/mol. The van der Waals surface area contributed by atoms with Crippen molar-refractivity contribution in [3.05, 3.63) is 0 Å². The third kappa shape index (κ3) is 5.73. The highest BCUT2D eigenvalue weighted by atomic mass is 79.9. The molecule has 0 radical (unpaired) electrons. The van der Waals surface area contributed by atoms with Gasteiger partial charge in [0.15, 0.2) is 0 Å². The summed E-state index contributed by atoms with van der Waals surface area (Å²) in [7, 11) is 2.13. The molecule has 0 atom stereocenters. The van der Waals surface area contributed by atoms with Gasteiger partial charge in [-0.3, -0.25) is 4.98 Å². The molecule has 7 heteroatoms. The van der Waals surface area contributed by atoms with Gasteiger partial charge in [-0.25, -0.2) is 0 Å². The van der Waals surface area contributed by atoms with Gasteiger partial charge in [0.05, 0.1) is 0 Å². The quantitative estimate of drug-likeness (QED) is 0.501. The fraction of sp³-hybridized carbons (Fsp3) is 1.00. The lowest BCUT2D eigenvalue weighted by molar-refractivity contribution is 0.110. The largest absolute Gasteiger partial charge is 0.595 e. The van der Waals surface area contributed by atoms with E-state index in [2.05, 4.69) is 4.98 Å². The summed E-state index contributed by atoms with van der Waals surface area (Å²) in [6, 6.07) is 0. The van der Waals surface area contributed by atoms with Crippen molar-refractivity contribution in [2.45, 2.75) is 6.42 Å². The fourth-order valence-corrected chi connectivity index (χ4v) is 2.23. The molecule has 5 nitrogen and oxygen atoms in total. The average molecular weight is 275 g/mol. The van der Waals surface area contributed by atoms with E-state index in [0.717, 1.165) is 13.0 Å². The monoisotopic (exact) mass is 274 g/mol. The maximum Gasteiger partial charge on any atom is 0.595 e. The molecular weight excluding hydrogens is 256 g/mol. The topological polar surface area (TPSA) is 65.7 Å². The molecule has 0 aromatic rings. The van der Waals surface area contributed by atoms with Crippen LogP contribution in [0.2, 0.25) is 0 Å². The van der Waals surface area contributed by atoms with Crippen molar-refractivity contribution in [1.82, 2.24) is 4.98 Å². The van der Waals surface area contributed by atoms with Gasteiger partial charge < -0.3 is 19.0 Å². The maximum atomic E-state index is 5.34. The first-order valence-corrected chi connectivity index (χ1v) is 5.57. The Morgan fingerprint density at radius 2 is 1.62 bits per heavy atom. The molecule has 0 saturated heterocycles. The van der Waals surface area contributed by atoms with Gasteiger partial charge in [-0.1, -0.05) is 0 Å². The van der Waals surface area contributed by atoms with E-state index in [9.17, 15) is 0 Å². The van der Waals surface area contributed by atoms with Crippen molar-refractivity contribution in [3.63, 3.8) is 0 Å². The average Bonchev–Trinajstić information content (AvgIpc) is 2.14. The summed E-state index contributed by atoms with van der Waals surface area (Å²) in [6.07, 6.45) is 0.880. The number of nitrogens with two attached hydrogens (primary N) is 1. The zero-order valence-electron chi connectivity index (χ0n) is 8.33. The molecule has 0 aliphatic carbocycles. The molecular formula is C6H19BrN2O3Si. The first kappa shape index (κ1) is 15.9. The normalized spacial score (nSPS) is 11.1. The molecule has 0 bridgehead atoms. The highest BCUT2D eigenvalue weighted by molar-refractivity contribution is 8.93. The van der Waals surface area contributed by atoms with E-state index in [1.807, 2.05) is 0 Å². The van der Waals surface area contributed by atoms with Crippen LogP contribution in [-0.2, 0) is 13.3 Å². The molecule has 0 aromatic heterocycles. The lowest BCUT2D eigenvalue weighted by atomic mass is 10.4. The Hall–Kier alpha value is 0.497. The Kier molecular flexibility index (Phi) is 11.1. The third-order valence-electron chi connectivity index (χ3n) is 1.53. The van der Waals surface area contributed by atoms with Crippen LogP contribution in [-0.4, -0.2) is 43.4 Å². The SMILES string of the molecule is Br.CO[Si](NCCCN)(OC)OC. The van der Waals surface area contributed by atoms with Gasteiger partial charge in [0.1, 0.15) is 0 Å². The highest BCUT2D eigenvalue weighted by Crippen LogP contribution is 2.00. The molecule has 0 heterocycles. The van der Waals surface area contributed by atoms with E-state index in [4.69, 9.17) is 19.0 Å². The number of nitrogens with one attached hydrogen (secondary N) is 1. The Morgan fingerprint density at radius 3 is 1.92 bits per heavy atom. The molecule has 3 N–H and O–H groups in total. The minimum atomic E-state index is -2.56. The molecule has 0 unspecified atom stereocenters. The van der Waals surface area contributed by atoms with Crippen LogP contribution < -0.4 is 10.7 Å². The molecule has 0 aliphatic heterocycles. The van der Waals surface area contributed by atoms with E-state index in [1.165, 1.54) is 0 Å².